The highest BCUT2D eigenvalue weighted by molar-refractivity contribution is 9.09. The first-order chi connectivity index (χ1) is 7.67. The van der Waals surface area contributed by atoms with E-state index < -0.39 is 0 Å². The average Bonchev–Trinajstić information content (AvgIpc) is 2.27. The summed E-state index contributed by atoms with van der Waals surface area (Å²) in [6.07, 6.45) is 1.03. The van der Waals surface area contributed by atoms with Crippen LogP contribution in [0.2, 0.25) is 0 Å². The molecule has 1 N–H and O–H groups in total. The lowest BCUT2D eigenvalue weighted by Crippen LogP contribution is -2.26. The van der Waals surface area contributed by atoms with Crippen molar-refractivity contribution >= 4 is 15.9 Å². The molecule has 0 saturated carbocycles. The smallest absolute Gasteiger partial charge is 0.131 e. The number of nitrogens with one attached hydrogen (secondary N) is 1. The first-order valence-corrected chi connectivity index (χ1v) is 6.41. The third kappa shape index (κ3) is 4.10. The van der Waals surface area contributed by atoms with Gasteiger partial charge in [-0.05, 0) is 19.4 Å². The number of ether oxygens (including phenoxy) is 1. The number of hydrogen-bond donors (Lipinski definition) is 1. The Bertz CT molecular complexity index is 333. The topological polar surface area (TPSA) is 21.3 Å². The lowest BCUT2D eigenvalue weighted by molar-refractivity contribution is 0.410. The van der Waals surface area contributed by atoms with Crippen molar-refractivity contribution in [2.75, 3.05) is 12.4 Å². The minimum absolute atomic E-state index is 0.224. The Morgan fingerprint density at radius 3 is 2.81 bits per heavy atom. The molecule has 0 amide bonds. The van der Waals surface area contributed by atoms with Gasteiger partial charge in [-0.15, -0.1) is 0 Å². The van der Waals surface area contributed by atoms with Crippen molar-refractivity contribution in [3.63, 3.8) is 0 Å². The Hall–Kier alpha value is -0.610. The molecule has 1 atom stereocenters. The maximum Gasteiger partial charge on any atom is 0.131 e. The first-order valence-electron chi connectivity index (χ1n) is 5.29. The van der Waals surface area contributed by atoms with Crippen LogP contribution in [0.5, 0.6) is 5.75 Å². The lowest BCUT2D eigenvalue weighted by Gasteiger charge is -2.13. The van der Waals surface area contributed by atoms with E-state index in [9.17, 15) is 4.39 Å². The predicted molar refractivity (Wildman–Crippen MR) is 67.7 cm³/mol. The molecule has 0 spiro atoms. The van der Waals surface area contributed by atoms with Gasteiger partial charge in [0.25, 0.3) is 0 Å². The fourth-order valence-electron chi connectivity index (χ4n) is 1.35. The number of hydrogen-bond acceptors (Lipinski definition) is 2. The van der Waals surface area contributed by atoms with Crippen molar-refractivity contribution in [1.82, 2.24) is 5.32 Å². The van der Waals surface area contributed by atoms with E-state index in [1.54, 1.807) is 12.1 Å². The molecule has 16 heavy (non-hydrogen) atoms. The summed E-state index contributed by atoms with van der Waals surface area (Å²) in [6.45, 7) is 2.63. The van der Waals surface area contributed by atoms with Gasteiger partial charge >= 0.3 is 0 Å². The first kappa shape index (κ1) is 13.5. The standard InChI is InChI=1S/C12H17BrFNO/c1-9(5-6-13)15-8-10-3-4-11(16-2)7-12(10)14/h3-4,7,9,15H,5-6,8H2,1-2H3. The molecule has 2 nitrogen and oxygen atoms in total. The van der Waals surface area contributed by atoms with E-state index >= 15 is 0 Å². The second-order valence-corrected chi connectivity index (χ2v) is 4.51. The number of halogens is 2. The van der Waals surface area contributed by atoms with Crippen molar-refractivity contribution in [3.8, 4) is 5.75 Å². The number of rotatable bonds is 6. The Morgan fingerprint density at radius 1 is 1.50 bits per heavy atom. The van der Waals surface area contributed by atoms with Crippen molar-refractivity contribution in [1.29, 1.82) is 0 Å². The Labute approximate surface area is 104 Å². The molecule has 0 bridgehead atoms. The van der Waals surface area contributed by atoms with Gasteiger partial charge in [0.05, 0.1) is 7.11 Å². The van der Waals surface area contributed by atoms with Gasteiger partial charge in [-0.1, -0.05) is 22.0 Å². The molecule has 0 aliphatic heterocycles. The summed E-state index contributed by atoms with van der Waals surface area (Å²) < 4.78 is 18.5. The summed E-state index contributed by atoms with van der Waals surface area (Å²) in [4.78, 5) is 0. The van der Waals surface area contributed by atoms with E-state index in [2.05, 4.69) is 28.2 Å². The van der Waals surface area contributed by atoms with E-state index in [0.29, 0.717) is 23.9 Å². The fraction of sp³-hybridized carbons (Fsp3) is 0.500. The van der Waals surface area contributed by atoms with Crippen LogP contribution in [0.1, 0.15) is 18.9 Å². The van der Waals surface area contributed by atoms with Crippen LogP contribution in [0.3, 0.4) is 0 Å². The molecule has 4 heteroatoms. The number of benzene rings is 1. The SMILES string of the molecule is COc1ccc(CNC(C)CCBr)c(F)c1. The highest BCUT2D eigenvalue weighted by atomic mass is 79.9. The number of methoxy groups -OCH3 is 1. The summed E-state index contributed by atoms with van der Waals surface area (Å²) in [6, 6.07) is 5.31. The molecule has 0 fully saturated rings. The fourth-order valence-corrected chi connectivity index (χ4v) is 2.04. The second kappa shape index (κ2) is 6.86. The number of alkyl halides is 1. The lowest BCUT2D eigenvalue weighted by atomic mass is 10.2. The maximum atomic E-state index is 13.5. The monoisotopic (exact) mass is 289 g/mol. The van der Waals surface area contributed by atoms with Gasteiger partial charge in [0.15, 0.2) is 0 Å². The van der Waals surface area contributed by atoms with E-state index in [1.807, 2.05) is 0 Å². The van der Waals surface area contributed by atoms with Crippen molar-refractivity contribution in [2.24, 2.45) is 0 Å². The van der Waals surface area contributed by atoms with Crippen LogP contribution in [0.25, 0.3) is 0 Å². The average molecular weight is 290 g/mol. The molecule has 0 aliphatic carbocycles. The zero-order valence-corrected chi connectivity index (χ0v) is 11.2. The molecule has 0 radical (unpaired) electrons. The minimum atomic E-state index is -0.224. The molecule has 0 saturated heterocycles. The Morgan fingerprint density at radius 2 is 2.25 bits per heavy atom. The van der Waals surface area contributed by atoms with Gasteiger partial charge < -0.3 is 10.1 Å². The van der Waals surface area contributed by atoms with E-state index in [1.165, 1.54) is 13.2 Å². The van der Waals surface area contributed by atoms with Gasteiger partial charge in [0.1, 0.15) is 11.6 Å². The molecular weight excluding hydrogens is 273 g/mol. The highest BCUT2D eigenvalue weighted by Crippen LogP contribution is 2.16. The molecule has 90 valence electrons. The summed E-state index contributed by atoms with van der Waals surface area (Å²) in [5.41, 5.74) is 0.669. The van der Waals surface area contributed by atoms with E-state index in [-0.39, 0.29) is 5.82 Å². The third-order valence-corrected chi connectivity index (χ3v) is 2.90. The molecule has 1 unspecified atom stereocenters. The minimum Gasteiger partial charge on any atom is -0.497 e. The van der Waals surface area contributed by atoms with Crippen LogP contribution >= 0.6 is 15.9 Å². The van der Waals surface area contributed by atoms with Crippen LogP contribution in [-0.4, -0.2) is 18.5 Å². The molecule has 0 heterocycles. The van der Waals surface area contributed by atoms with Crippen LogP contribution < -0.4 is 10.1 Å². The van der Waals surface area contributed by atoms with E-state index in [0.717, 1.165) is 11.8 Å². The van der Waals surface area contributed by atoms with Gasteiger partial charge in [-0.3, -0.25) is 0 Å². The normalized spacial score (nSPS) is 12.5. The van der Waals surface area contributed by atoms with E-state index in [4.69, 9.17) is 4.74 Å². The molecule has 1 rings (SSSR count). The molecule has 1 aromatic carbocycles. The van der Waals surface area contributed by atoms with Crippen molar-refractivity contribution in [2.45, 2.75) is 25.9 Å². The second-order valence-electron chi connectivity index (χ2n) is 3.72. The molecular formula is C12H17BrFNO. The predicted octanol–water partition coefficient (Wildman–Crippen LogP) is 3.10. The Kier molecular flexibility index (Phi) is 5.77. The summed E-state index contributed by atoms with van der Waals surface area (Å²) in [5.74, 6) is 0.327. The molecule has 0 aromatic heterocycles. The van der Waals surface area contributed by atoms with Gasteiger partial charge in [0.2, 0.25) is 0 Å². The molecule has 0 aliphatic rings. The zero-order chi connectivity index (χ0) is 12.0. The maximum absolute atomic E-state index is 13.5. The van der Waals surface area contributed by atoms with Crippen molar-refractivity contribution < 1.29 is 9.13 Å². The Balaban J connectivity index is 2.54. The molecule has 1 aromatic rings. The quantitative estimate of drug-likeness (QED) is 0.813. The largest absolute Gasteiger partial charge is 0.497 e. The van der Waals surface area contributed by atoms with Crippen molar-refractivity contribution in [3.05, 3.63) is 29.6 Å². The third-order valence-electron chi connectivity index (χ3n) is 2.44. The van der Waals surface area contributed by atoms with Crippen LogP contribution in [0.4, 0.5) is 4.39 Å². The zero-order valence-electron chi connectivity index (χ0n) is 9.59. The van der Waals surface area contributed by atoms with Crippen LogP contribution in [0.15, 0.2) is 18.2 Å². The summed E-state index contributed by atoms with van der Waals surface area (Å²) in [7, 11) is 1.53. The summed E-state index contributed by atoms with van der Waals surface area (Å²) in [5, 5.41) is 4.22. The van der Waals surface area contributed by atoms with Gasteiger partial charge in [-0.25, -0.2) is 4.39 Å². The highest BCUT2D eigenvalue weighted by Gasteiger charge is 2.05. The summed E-state index contributed by atoms with van der Waals surface area (Å²) >= 11 is 3.38. The van der Waals surface area contributed by atoms with Crippen LogP contribution in [0, 0.1) is 5.82 Å². The van der Waals surface area contributed by atoms with Gasteiger partial charge in [-0.2, -0.15) is 0 Å². The van der Waals surface area contributed by atoms with Crippen LogP contribution in [-0.2, 0) is 6.54 Å². The van der Waals surface area contributed by atoms with Gasteiger partial charge in [0, 0.05) is 29.5 Å².